The summed E-state index contributed by atoms with van der Waals surface area (Å²) in [5.41, 5.74) is 0.885. The van der Waals surface area contributed by atoms with Crippen LogP contribution in [0.15, 0.2) is 36.7 Å². The van der Waals surface area contributed by atoms with Gasteiger partial charge in [-0.1, -0.05) is 12.1 Å². The Balaban J connectivity index is 1.73. The summed E-state index contributed by atoms with van der Waals surface area (Å²) in [6, 6.07) is 6.48. The summed E-state index contributed by atoms with van der Waals surface area (Å²) in [6.45, 7) is 1.10. The summed E-state index contributed by atoms with van der Waals surface area (Å²) in [6.07, 6.45) is 3.84. The van der Waals surface area contributed by atoms with E-state index in [0.717, 1.165) is 11.4 Å². The van der Waals surface area contributed by atoms with Crippen LogP contribution in [0.3, 0.4) is 0 Å². The van der Waals surface area contributed by atoms with Crippen molar-refractivity contribution >= 4 is 5.91 Å². The van der Waals surface area contributed by atoms with Crippen molar-refractivity contribution < 1.29 is 9.18 Å². The summed E-state index contributed by atoms with van der Waals surface area (Å²) < 4.78 is 13.2. The van der Waals surface area contributed by atoms with Crippen molar-refractivity contribution in [3.8, 4) is 0 Å². The van der Waals surface area contributed by atoms with Gasteiger partial charge in [0.1, 0.15) is 11.6 Å². The van der Waals surface area contributed by atoms with Crippen molar-refractivity contribution in [2.24, 2.45) is 0 Å². The minimum absolute atomic E-state index is 0.0677. The van der Waals surface area contributed by atoms with Crippen LogP contribution in [0.5, 0.6) is 0 Å². The van der Waals surface area contributed by atoms with Crippen LogP contribution in [0.2, 0.25) is 0 Å². The van der Waals surface area contributed by atoms with Crippen LogP contribution in [-0.2, 0) is 11.3 Å². The number of halogens is 1. The minimum atomic E-state index is -0.255. The highest BCUT2D eigenvalue weighted by molar-refractivity contribution is 5.79. The fourth-order valence-corrected chi connectivity index (χ4v) is 2.47. The number of carbonyl (C=O) groups excluding carboxylic acids is 1. The Kier molecular flexibility index (Phi) is 3.03. The first kappa shape index (κ1) is 11.9. The Morgan fingerprint density at radius 3 is 3.11 bits per heavy atom. The lowest BCUT2D eigenvalue weighted by Gasteiger charge is -2.15. The third-order valence-corrected chi connectivity index (χ3v) is 3.43. The van der Waals surface area contributed by atoms with Crippen LogP contribution in [-0.4, -0.2) is 27.3 Å². The van der Waals surface area contributed by atoms with Crippen molar-refractivity contribution in [1.29, 1.82) is 0 Å². The van der Waals surface area contributed by atoms with Crippen molar-refractivity contribution in [3.63, 3.8) is 0 Å². The van der Waals surface area contributed by atoms with Crippen LogP contribution >= 0.6 is 0 Å². The van der Waals surface area contributed by atoms with Crippen LogP contribution in [0.25, 0.3) is 0 Å². The van der Waals surface area contributed by atoms with Gasteiger partial charge in [0.05, 0.1) is 6.54 Å². The second-order valence-electron chi connectivity index (χ2n) is 4.77. The van der Waals surface area contributed by atoms with Gasteiger partial charge >= 0.3 is 0 Å². The summed E-state index contributed by atoms with van der Waals surface area (Å²) in [5, 5.41) is 0. The van der Waals surface area contributed by atoms with Crippen LogP contribution in [0, 0.1) is 5.82 Å². The molecule has 98 valence electrons. The predicted molar refractivity (Wildman–Crippen MR) is 67.8 cm³/mol. The Hall–Kier alpha value is -2.17. The number of likely N-dealkylation sites (tertiary alicyclic amines) is 1. The fraction of sp³-hybridized carbons (Fsp3) is 0.286. The molecule has 1 aliphatic rings. The van der Waals surface area contributed by atoms with Crippen molar-refractivity contribution in [3.05, 3.63) is 53.9 Å². The van der Waals surface area contributed by atoms with Gasteiger partial charge in [0, 0.05) is 31.3 Å². The molecule has 1 atom stereocenters. The molecule has 1 aliphatic heterocycles. The van der Waals surface area contributed by atoms with E-state index in [1.165, 1.54) is 12.1 Å². The number of hydrogen-bond donors (Lipinski definition) is 1. The quantitative estimate of drug-likeness (QED) is 0.917. The van der Waals surface area contributed by atoms with E-state index in [1.54, 1.807) is 23.4 Å². The zero-order valence-corrected chi connectivity index (χ0v) is 10.3. The number of benzene rings is 1. The van der Waals surface area contributed by atoms with E-state index in [-0.39, 0.29) is 17.6 Å². The van der Waals surface area contributed by atoms with E-state index in [0.29, 0.717) is 19.5 Å². The lowest BCUT2D eigenvalue weighted by atomic mass is 9.98. The highest BCUT2D eigenvalue weighted by Crippen LogP contribution is 2.29. The maximum atomic E-state index is 13.2. The molecule has 1 fully saturated rings. The predicted octanol–water partition coefficient (Wildman–Crippen LogP) is 2.06. The van der Waals surface area contributed by atoms with Crippen molar-refractivity contribution in [1.82, 2.24) is 14.9 Å². The molecule has 0 saturated carbocycles. The van der Waals surface area contributed by atoms with Crippen LogP contribution in [0.1, 0.15) is 23.7 Å². The van der Waals surface area contributed by atoms with Gasteiger partial charge in [-0.3, -0.25) is 4.79 Å². The first-order valence-electron chi connectivity index (χ1n) is 6.24. The number of nitrogens with zero attached hydrogens (tertiary/aromatic N) is 2. The SMILES string of the molecule is O=C1CC(c2cccc(F)c2)CN1Cc1ncc[nH]1. The summed E-state index contributed by atoms with van der Waals surface area (Å²) in [5.74, 6) is 0.673. The summed E-state index contributed by atoms with van der Waals surface area (Å²) in [7, 11) is 0. The lowest BCUT2D eigenvalue weighted by molar-refractivity contribution is -0.128. The lowest BCUT2D eigenvalue weighted by Crippen LogP contribution is -2.25. The van der Waals surface area contributed by atoms with Gasteiger partial charge in [0.15, 0.2) is 0 Å². The van der Waals surface area contributed by atoms with E-state index in [1.807, 2.05) is 6.07 Å². The summed E-state index contributed by atoms with van der Waals surface area (Å²) in [4.78, 5) is 20.8. The molecule has 1 aromatic heterocycles. The largest absolute Gasteiger partial charge is 0.347 e. The average molecular weight is 259 g/mol. The number of imidazole rings is 1. The Morgan fingerprint density at radius 2 is 2.37 bits per heavy atom. The van der Waals surface area contributed by atoms with Crippen molar-refractivity contribution in [2.45, 2.75) is 18.9 Å². The van der Waals surface area contributed by atoms with Crippen LogP contribution < -0.4 is 0 Å². The molecule has 1 aromatic carbocycles. The monoisotopic (exact) mass is 259 g/mol. The molecule has 19 heavy (non-hydrogen) atoms. The number of H-pyrrole nitrogens is 1. The molecule has 4 nitrogen and oxygen atoms in total. The molecule has 5 heteroatoms. The van der Waals surface area contributed by atoms with Gasteiger partial charge in [-0.25, -0.2) is 9.37 Å². The number of nitrogens with one attached hydrogen (secondary N) is 1. The van der Waals surface area contributed by atoms with Gasteiger partial charge in [-0.15, -0.1) is 0 Å². The van der Waals surface area contributed by atoms with E-state index >= 15 is 0 Å². The Morgan fingerprint density at radius 1 is 1.47 bits per heavy atom. The molecule has 3 rings (SSSR count). The van der Waals surface area contributed by atoms with Gasteiger partial charge in [-0.05, 0) is 17.7 Å². The normalized spacial score (nSPS) is 19.1. The number of amides is 1. The number of aromatic nitrogens is 2. The number of carbonyl (C=O) groups is 1. The molecule has 0 aliphatic carbocycles. The molecular formula is C14H14FN3O. The minimum Gasteiger partial charge on any atom is -0.347 e. The Labute approximate surface area is 110 Å². The first-order valence-corrected chi connectivity index (χ1v) is 6.24. The standard InChI is InChI=1S/C14H14FN3O/c15-12-3-1-2-10(6-12)11-7-14(19)18(8-11)9-13-16-4-5-17-13/h1-6,11H,7-9H2,(H,16,17). The molecule has 2 heterocycles. The van der Waals surface area contributed by atoms with Gasteiger partial charge < -0.3 is 9.88 Å². The van der Waals surface area contributed by atoms with Gasteiger partial charge in [0.25, 0.3) is 0 Å². The van der Waals surface area contributed by atoms with E-state index in [9.17, 15) is 9.18 Å². The maximum Gasteiger partial charge on any atom is 0.223 e. The molecule has 0 bridgehead atoms. The maximum absolute atomic E-state index is 13.2. The van der Waals surface area contributed by atoms with Crippen LogP contribution in [0.4, 0.5) is 4.39 Å². The summed E-state index contributed by atoms with van der Waals surface area (Å²) >= 11 is 0. The van der Waals surface area contributed by atoms with E-state index in [4.69, 9.17) is 0 Å². The van der Waals surface area contributed by atoms with E-state index < -0.39 is 0 Å². The molecule has 1 N–H and O–H groups in total. The highest BCUT2D eigenvalue weighted by atomic mass is 19.1. The molecule has 0 spiro atoms. The number of aromatic amines is 1. The molecule has 2 aromatic rings. The average Bonchev–Trinajstić information content (AvgIpc) is 3.01. The topological polar surface area (TPSA) is 49.0 Å². The zero-order chi connectivity index (χ0) is 13.2. The number of rotatable bonds is 3. The third kappa shape index (κ3) is 2.50. The molecular weight excluding hydrogens is 245 g/mol. The highest BCUT2D eigenvalue weighted by Gasteiger charge is 2.31. The van der Waals surface area contributed by atoms with Crippen molar-refractivity contribution in [2.75, 3.05) is 6.54 Å². The first-order chi connectivity index (χ1) is 9.22. The smallest absolute Gasteiger partial charge is 0.223 e. The second kappa shape index (κ2) is 4.84. The fourth-order valence-electron chi connectivity index (χ4n) is 2.47. The van der Waals surface area contributed by atoms with Gasteiger partial charge in [0.2, 0.25) is 5.91 Å². The Bertz CT molecular complexity index is 582. The molecule has 0 radical (unpaired) electrons. The van der Waals surface area contributed by atoms with E-state index in [2.05, 4.69) is 9.97 Å². The zero-order valence-electron chi connectivity index (χ0n) is 10.3. The molecule has 1 unspecified atom stereocenters. The molecule has 1 saturated heterocycles. The second-order valence-corrected chi connectivity index (χ2v) is 4.77. The molecule has 1 amide bonds. The third-order valence-electron chi connectivity index (χ3n) is 3.43. The number of hydrogen-bond acceptors (Lipinski definition) is 2. The van der Waals surface area contributed by atoms with Gasteiger partial charge in [-0.2, -0.15) is 0 Å².